The number of hydrogen-bond donors (Lipinski definition) is 1. The molecule has 43 heavy (non-hydrogen) atoms. The van der Waals surface area contributed by atoms with Crippen molar-refractivity contribution >= 4 is 34.6 Å². The number of benzene rings is 1. The van der Waals surface area contributed by atoms with E-state index >= 15 is 8.78 Å². The number of aromatic nitrogens is 3. The van der Waals surface area contributed by atoms with Gasteiger partial charge in [-0.15, -0.1) is 0 Å². The number of rotatable bonds is 10. The van der Waals surface area contributed by atoms with Gasteiger partial charge >= 0.3 is 0 Å². The zero-order valence-electron chi connectivity index (χ0n) is 25.0. The molecule has 0 amide bonds. The number of halogens is 2. The summed E-state index contributed by atoms with van der Waals surface area (Å²) >= 11 is 0. The lowest BCUT2D eigenvalue weighted by molar-refractivity contribution is 0.273. The summed E-state index contributed by atoms with van der Waals surface area (Å²) in [5.74, 6) is 0.600. The number of hydrogen-bond acceptors (Lipinski definition) is 9. The highest BCUT2D eigenvalue weighted by atomic mass is 19.1. The van der Waals surface area contributed by atoms with E-state index in [1.54, 1.807) is 29.6 Å². The Kier molecular flexibility index (Phi) is 9.48. The molecular weight excluding hydrogens is 552 g/mol. The third kappa shape index (κ3) is 6.93. The summed E-state index contributed by atoms with van der Waals surface area (Å²) in [6, 6.07) is 3.90. The predicted octanol–water partition coefficient (Wildman–Crippen LogP) is 7.46. The van der Waals surface area contributed by atoms with E-state index in [1.807, 2.05) is 26.0 Å². The summed E-state index contributed by atoms with van der Waals surface area (Å²) in [6.07, 6.45) is 14.1. The highest BCUT2D eigenvalue weighted by Gasteiger charge is 2.24. The van der Waals surface area contributed by atoms with Gasteiger partial charge in [-0.1, -0.05) is 39.7 Å². The third-order valence-corrected chi connectivity index (χ3v) is 7.03. The second kappa shape index (κ2) is 13.6. The van der Waals surface area contributed by atoms with Gasteiger partial charge in [-0.2, -0.15) is 5.10 Å². The van der Waals surface area contributed by atoms with Crippen molar-refractivity contribution in [2.45, 2.75) is 53.4 Å². The van der Waals surface area contributed by atoms with Gasteiger partial charge in [0.2, 0.25) is 0 Å². The summed E-state index contributed by atoms with van der Waals surface area (Å²) in [6.45, 7) is 10.4. The number of hydrazone groups is 1. The maximum atomic E-state index is 15.4. The van der Waals surface area contributed by atoms with Gasteiger partial charge in [0, 0.05) is 55.7 Å². The van der Waals surface area contributed by atoms with Crippen molar-refractivity contribution < 1.29 is 18.3 Å². The minimum Gasteiger partial charge on any atom is -0.489 e. The highest BCUT2D eigenvalue weighted by molar-refractivity contribution is 5.90. The van der Waals surface area contributed by atoms with E-state index in [1.165, 1.54) is 6.33 Å². The van der Waals surface area contributed by atoms with Crippen LogP contribution in [0.15, 0.2) is 65.5 Å². The Labute approximate surface area is 250 Å². The molecule has 9 nitrogen and oxygen atoms in total. The number of nitrogens with one attached hydrogen (secondary N) is 1. The molecule has 1 aromatic carbocycles. The molecule has 0 saturated carbocycles. The number of pyridine rings is 1. The molecule has 0 saturated heterocycles. The van der Waals surface area contributed by atoms with E-state index in [9.17, 15) is 0 Å². The van der Waals surface area contributed by atoms with Crippen LogP contribution in [0.2, 0.25) is 0 Å². The zero-order chi connectivity index (χ0) is 30.3. The molecule has 11 heteroatoms. The predicted molar refractivity (Wildman–Crippen MR) is 166 cm³/mol. The molecule has 2 aliphatic rings. The van der Waals surface area contributed by atoms with Crippen LogP contribution in [-0.4, -0.2) is 45.9 Å². The first-order valence-electron chi connectivity index (χ1n) is 14.7. The summed E-state index contributed by atoms with van der Waals surface area (Å²) in [5.41, 5.74) is 1.64. The van der Waals surface area contributed by atoms with Crippen LogP contribution in [0.3, 0.4) is 0 Å². The van der Waals surface area contributed by atoms with E-state index in [2.05, 4.69) is 39.1 Å². The van der Waals surface area contributed by atoms with Crippen LogP contribution >= 0.6 is 0 Å². The summed E-state index contributed by atoms with van der Waals surface area (Å²) in [7, 11) is 0. The maximum Gasteiger partial charge on any atom is 0.172 e. The second-order valence-electron chi connectivity index (χ2n) is 10.6. The summed E-state index contributed by atoms with van der Waals surface area (Å²) in [4.78, 5) is 15.8. The van der Waals surface area contributed by atoms with E-state index in [0.29, 0.717) is 40.9 Å². The molecule has 0 radical (unpaired) electrons. The van der Waals surface area contributed by atoms with Gasteiger partial charge in [-0.25, -0.2) is 28.7 Å². The molecule has 1 N–H and O–H groups in total. The molecule has 1 unspecified atom stereocenters. The minimum atomic E-state index is -0.738. The molecular formula is C32H37F2N7O2. The molecule has 5 rings (SSSR count). The van der Waals surface area contributed by atoms with Crippen LogP contribution < -0.4 is 19.7 Å². The van der Waals surface area contributed by atoms with Crippen LogP contribution in [-0.2, 0) is 0 Å². The van der Waals surface area contributed by atoms with Crippen LogP contribution in [0, 0.1) is 17.6 Å². The molecule has 2 aromatic heterocycles. The SMILES string of the molecule is C/C=N\N1C=CC(Oc2cc(F)c(Nc3ncnc4cc5c(nc34)N(CCCCC)CC(C)CO5)cc2F)=C/C1=C\CC. The van der Waals surface area contributed by atoms with Gasteiger partial charge in [0.25, 0.3) is 0 Å². The number of unbranched alkanes of at least 4 members (excludes halogenated alkanes) is 2. The Morgan fingerprint density at radius 2 is 2.02 bits per heavy atom. The topological polar surface area (TPSA) is 88.0 Å². The van der Waals surface area contributed by atoms with E-state index < -0.39 is 11.6 Å². The van der Waals surface area contributed by atoms with Crippen LogP contribution in [0.1, 0.15) is 53.4 Å². The van der Waals surface area contributed by atoms with Crippen molar-refractivity contribution in [1.82, 2.24) is 20.0 Å². The first-order chi connectivity index (χ1) is 20.9. The molecule has 0 aliphatic carbocycles. The molecule has 0 spiro atoms. The second-order valence-corrected chi connectivity index (χ2v) is 10.6. The number of fused-ring (bicyclic) bond motifs is 2. The quantitative estimate of drug-likeness (QED) is 0.193. The van der Waals surface area contributed by atoms with Gasteiger partial charge in [0.1, 0.15) is 17.6 Å². The summed E-state index contributed by atoms with van der Waals surface area (Å²) in [5, 5.41) is 8.87. The minimum absolute atomic E-state index is 0.102. The fourth-order valence-electron chi connectivity index (χ4n) is 4.98. The van der Waals surface area contributed by atoms with Crippen LogP contribution in [0.4, 0.5) is 26.1 Å². The van der Waals surface area contributed by atoms with Crippen LogP contribution in [0.25, 0.3) is 11.0 Å². The molecule has 226 valence electrons. The van der Waals surface area contributed by atoms with Crippen molar-refractivity contribution in [3.8, 4) is 11.5 Å². The molecule has 3 aromatic rings. The van der Waals surface area contributed by atoms with Gasteiger partial charge in [0.05, 0.1) is 23.5 Å². The Bertz CT molecular complexity index is 1590. The van der Waals surface area contributed by atoms with Crippen molar-refractivity contribution in [3.63, 3.8) is 0 Å². The molecule has 4 heterocycles. The van der Waals surface area contributed by atoms with E-state index in [-0.39, 0.29) is 17.3 Å². The Morgan fingerprint density at radius 1 is 1.16 bits per heavy atom. The van der Waals surface area contributed by atoms with Gasteiger partial charge in [-0.05, 0) is 25.8 Å². The zero-order valence-corrected chi connectivity index (χ0v) is 25.0. The van der Waals surface area contributed by atoms with Crippen molar-refractivity contribution in [2.24, 2.45) is 11.0 Å². The van der Waals surface area contributed by atoms with E-state index in [4.69, 9.17) is 14.5 Å². The van der Waals surface area contributed by atoms with Crippen LogP contribution in [0.5, 0.6) is 11.5 Å². The van der Waals surface area contributed by atoms with Crippen molar-refractivity contribution in [2.75, 3.05) is 29.9 Å². The number of ether oxygens (including phenoxy) is 2. The third-order valence-electron chi connectivity index (χ3n) is 7.03. The average Bonchev–Trinajstić information content (AvgIpc) is 3.14. The molecule has 2 aliphatic heterocycles. The largest absolute Gasteiger partial charge is 0.489 e. The number of allylic oxidation sites excluding steroid dienone is 3. The lowest BCUT2D eigenvalue weighted by Crippen LogP contribution is -2.30. The van der Waals surface area contributed by atoms with Crippen molar-refractivity contribution in [3.05, 3.63) is 72.0 Å². The van der Waals surface area contributed by atoms with E-state index in [0.717, 1.165) is 56.6 Å². The molecule has 0 bridgehead atoms. The monoisotopic (exact) mass is 589 g/mol. The first-order valence-corrected chi connectivity index (χ1v) is 14.7. The first kappa shape index (κ1) is 29.9. The molecule has 0 fully saturated rings. The Balaban J connectivity index is 1.42. The van der Waals surface area contributed by atoms with Gasteiger partial charge in [-0.3, -0.25) is 0 Å². The molecule has 1 atom stereocenters. The maximum absolute atomic E-state index is 15.4. The number of anilines is 3. The highest BCUT2D eigenvalue weighted by Crippen LogP contribution is 2.36. The Morgan fingerprint density at radius 3 is 2.81 bits per heavy atom. The summed E-state index contributed by atoms with van der Waals surface area (Å²) < 4.78 is 42.4. The smallest absolute Gasteiger partial charge is 0.172 e. The fraction of sp³-hybridized carbons (Fsp3) is 0.375. The van der Waals surface area contributed by atoms with Crippen molar-refractivity contribution in [1.29, 1.82) is 0 Å². The van der Waals surface area contributed by atoms with Gasteiger partial charge in [0.15, 0.2) is 34.8 Å². The normalized spacial score (nSPS) is 17.7. The van der Waals surface area contributed by atoms with Gasteiger partial charge < -0.3 is 19.7 Å². The lowest BCUT2D eigenvalue weighted by Gasteiger charge is -2.24. The lowest BCUT2D eigenvalue weighted by atomic mass is 10.1. The fourth-order valence-corrected chi connectivity index (χ4v) is 4.98. The Hall–Kier alpha value is -4.54. The average molecular weight is 590 g/mol. The standard InChI is InChI=1S/C32H37F2N7O2/c1-5-8-9-12-40-18-21(4)19-42-29-17-27-30(39-32(29)40)31(36-20-35-27)38-26-15-25(34)28(16-24(26)33)43-23-11-13-41(37-7-3)22(14-23)10-6-2/h7,10-11,13-17,20-21H,5-6,8-9,12,18-19H2,1-4H3,(H,35,36,38)/b22-10+,37-7-. The number of nitrogens with zero attached hydrogens (tertiary/aromatic N) is 6.